The number of halogens is 3. The molecule has 0 bridgehead atoms. The van der Waals surface area contributed by atoms with Gasteiger partial charge in [-0.3, -0.25) is 0 Å². The standard InChI is InChI=1S/C9H11F3N2O/c1-15-8-4-6(2-3-7(8)13)14-5-9(10,11)12/h2-4,14H,5,13H2,1H3. The lowest BCUT2D eigenvalue weighted by molar-refractivity contribution is -0.115. The van der Waals surface area contributed by atoms with Gasteiger partial charge >= 0.3 is 6.18 Å². The van der Waals surface area contributed by atoms with Gasteiger partial charge in [0.2, 0.25) is 0 Å². The summed E-state index contributed by atoms with van der Waals surface area (Å²) in [5.74, 6) is 0.349. The first kappa shape index (κ1) is 11.5. The Morgan fingerprint density at radius 1 is 1.40 bits per heavy atom. The van der Waals surface area contributed by atoms with E-state index in [2.05, 4.69) is 5.32 Å². The monoisotopic (exact) mass is 220 g/mol. The first-order chi connectivity index (χ1) is 6.92. The number of nitrogens with two attached hydrogens (primary N) is 1. The molecule has 0 aliphatic rings. The van der Waals surface area contributed by atoms with Crippen LogP contribution in [0.1, 0.15) is 0 Å². The molecule has 15 heavy (non-hydrogen) atoms. The van der Waals surface area contributed by atoms with Crippen LogP contribution in [0.15, 0.2) is 18.2 Å². The molecule has 0 saturated heterocycles. The molecule has 0 aliphatic heterocycles. The summed E-state index contributed by atoms with van der Waals surface area (Å²) in [6.45, 7) is -1.08. The molecule has 0 aromatic heterocycles. The minimum absolute atomic E-state index is 0.318. The van der Waals surface area contributed by atoms with Crippen molar-refractivity contribution < 1.29 is 17.9 Å². The molecule has 3 nitrogen and oxygen atoms in total. The summed E-state index contributed by atoms with van der Waals surface area (Å²) in [7, 11) is 1.40. The van der Waals surface area contributed by atoms with E-state index in [1.165, 1.54) is 25.3 Å². The van der Waals surface area contributed by atoms with Gasteiger partial charge in [0.1, 0.15) is 12.3 Å². The summed E-state index contributed by atoms with van der Waals surface area (Å²) in [5, 5.41) is 2.23. The number of alkyl halides is 3. The van der Waals surface area contributed by atoms with Gasteiger partial charge in [-0.1, -0.05) is 0 Å². The number of anilines is 2. The van der Waals surface area contributed by atoms with Gasteiger partial charge in [0.05, 0.1) is 12.8 Å². The van der Waals surface area contributed by atoms with Crippen molar-refractivity contribution in [2.45, 2.75) is 6.18 Å². The van der Waals surface area contributed by atoms with E-state index in [9.17, 15) is 13.2 Å². The number of nitrogen functional groups attached to an aromatic ring is 1. The average Bonchev–Trinajstić information content (AvgIpc) is 2.15. The van der Waals surface area contributed by atoms with E-state index in [-0.39, 0.29) is 0 Å². The van der Waals surface area contributed by atoms with Crippen molar-refractivity contribution in [1.29, 1.82) is 0 Å². The Labute approximate surface area is 85.0 Å². The molecule has 0 aliphatic carbocycles. The minimum Gasteiger partial charge on any atom is -0.495 e. The van der Waals surface area contributed by atoms with Crippen LogP contribution >= 0.6 is 0 Å². The average molecular weight is 220 g/mol. The van der Waals surface area contributed by atoms with Gasteiger partial charge in [0, 0.05) is 11.8 Å². The molecule has 0 amide bonds. The first-order valence-corrected chi connectivity index (χ1v) is 4.16. The molecule has 0 heterocycles. The zero-order valence-electron chi connectivity index (χ0n) is 8.06. The lowest BCUT2D eigenvalue weighted by Gasteiger charge is -2.11. The molecule has 0 atom stereocenters. The summed E-state index contributed by atoms with van der Waals surface area (Å²) in [4.78, 5) is 0. The third-order valence-electron chi connectivity index (χ3n) is 1.73. The van der Waals surface area contributed by atoms with E-state index in [4.69, 9.17) is 10.5 Å². The third-order valence-corrected chi connectivity index (χ3v) is 1.73. The zero-order chi connectivity index (χ0) is 11.5. The molecule has 0 unspecified atom stereocenters. The van der Waals surface area contributed by atoms with Crippen molar-refractivity contribution in [3.8, 4) is 5.75 Å². The molecule has 1 aromatic rings. The highest BCUT2D eigenvalue weighted by molar-refractivity contribution is 5.61. The van der Waals surface area contributed by atoms with Crippen LogP contribution in [0.4, 0.5) is 24.5 Å². The van der Waals surface area contributed by atoms with E-state index in [0.717, 1.165) is 0 Å². The fourth-order valence-electron chi connectivity index (χ4n) is 1.02. The topological polar surface area (TPSA) is 47.3 Å². The zero-order valence-corrected chi connectivity index (χ0v) is 8.06. The van der Waals surface area contributed by atoms with E-state index < -0.39 is 12.7 Å². The van der Waals surface area contributed by atoms with Crippen LogP contribution in [0.25, 0.3) is 0 Å². The van der Waals surface area contributed by atoms with Crippen LogP contribution in [-0.4, -0.2) is 19.8 Å². The highest BCUT2D eigenvalue weighted by Crippen LogP contribution is 2.25. The highest BCUT2D eigenvalue weighted by Gasteiger charge is 2.26. The van der Waals surface area contributed by atoms with Crippen molar-refractivity contribution in [3.05, 3.63) is 18.2 Å². The normalized spacial score (nSPS) is 11.2. The van der Waals surface area contributed by atoms with E-state index >= 15 is 0 Å². The fraction of sp³-hybridized carbons (Fsp3) is 0.333. The summed E-state index contributed by atoms with van der Waals surface area (Å²) in [5.41, 5.74) is 6.21. The third kappa shape index (κ3) is 3.57. The number of ether oxygens (including phenoxy) is 1. The predicted molar refractivity (Wildman–Crippen MR) is 52.0 cm³/mol. The second-order valence-electron chi connectivity index (χ2n) is 2.93. The second-order valence-corrected chi connectivity index (χ2v) is 2.93. The summed E-state index contributed by atoms with van der Waals surface area (Å²) in [6.07, 6.45) is -4.24. The molecule has 0 radical (unpaired) electrons. The van der Waals surface area contributed by atoms with E-state index in [1.807, 2.05) is 0 Å². The summed E-state index contributed by atoms with van der Waals surface area (Å²) in [6, 6.07) is 4.36. The molecule has 6 heteroatoms. The largest absolute Gasteiger partial charge is 0.495 e. The fourth-order valence-corrected chi connectivity index (χ4v) is 1.02. The number of rotatable bonds is 3. The van der Waals surface area contributed by atoms with Crippen molar-refractivity contribution >= 4 is 11.4 Å². The quantitative estimate of drug-likeness (QED) is 0.768. The minimum atomic E-state index is -4.24. The maximum Gasteiger partial charge on any atom is 0.405 e. The Bertz CT molecular complexity index is 339. The first-order valence-electron chi connectivity index (χ1n) is 4.16. The van der Waals surface area contributed by atoms with Crippen LogP contribution in [0, 0.1) is 0 Å². The van der Waals surface area contributed by atoms with E-state index in [0.29, 0.717) is 17.1 Å². The van der Waals surface area contributed by atoms with Crippen molar-refractivity contribution in [1.82, 2.24) is 0 Å². The van der Waals surface area contributed by atoms with E-state index in [1.54, 1.807) is 0 Å². The summed E-state index contributed by atoms with van der Waals surface area (Å²) < 4.78 is 40.5. The van der Waals surface area contributed by atoms with Gasteiger partial charge in [-0.05, 0) is 12.1 Å². The Kier molecular flexibility index (Phi) is 3.28. The Hall–Kier alpha value is -1.59. The maximum absolute atomic E-state index is 11.9. The lowest BCUT2D eigenvalue weighted by atomic mass is 10.2. The van der Waals surface area contributed by atoms with Crippen LogP contribution in [0.5, 0.6) is 5.75 Å². The van der Waals surface area contributed by atoms with Gasteiger partial charge in [-0.2, -0.15) is 13.2 Å². The van der Waals surface area contributed by atoms with Gasteiger partial charge in [-0.15, -0.1) is 0 Å². The predicted octanol–water partition coefficient (Wildman–Crippen LogP) is 2.25. The molecule has 3 N–H and O–H groups in total. The molecule has 0 spiro atoms. The number of hydrogen-bond acceptors (Lipinski definition) is 3. The van der Waals surface area contributed by atoms with Crippen LogP contribution in [0.2, 0.25) is 0 Å². The van der Waals surface area contributed by atoms with Crippen LogP contribution < -0.4 is 15.8 Å². The maximum atomic E-state index is 11.9. The Morgan fingerprint density at radius 3 is 2.60 bits per heavy atom. The van der Waals surface area contributed by atoms with Crippen molar-refractivity contribution in [3.63, 3.8) is 0 Å². The highest BCUT2D eigenvalue weighted by atomic mass is 19.4. The molecule has 84 valence electrons. The van der Waals surface area contributed by atoms with Gasteiger partial charge in [0.25, 0.3) is 0 Å². The Balaban J connectivity index is 2.70. The SMILES string of the molecule is COc1cc(NCC(F)(F)F)ccc1N. The van der Waals surface area contributed by atoms with Gasteiger partial charge < -0.3 is 15.8 Å². The number of hydrogen-bond donors (Lipinski definition) is 2. The molecule has 1 aromatic carbocycles. The smallest absolute Gasteiger partial charge is 0.405 e. The second kappa shape index (κ2) is 4.29. The number of nitrogens with one attached hydrogen (secondary N) is 1. The van der Waals surface area contributed by atoms with Crippen molar-refractivity contribution in [2.75, 3.05) is 24.7 Å². The van der Waals surface area contributed by atoms with Gasteiger partial charge in [-0.25, -0.2) is 0 Å². The molecule has 0 saturated carbocycles. The molecular formula is C9H11F3N2O. The van der Waals surface area contributed by atoms with Crippen LogP contribution in [-0.2, 0) is 0 Å². The number of methoxy groups -OCH3 is 1. The molecule has 0 fully saturated rings. The Morgan fingerprint density at radius 2 is 2.07 bits per heavy atom. The molecule has 1 rings (SSSR count). The summed E-state index contributed by atoms with van der Waals surface area (Å²) >= 11 is 0. The van der Waals surface area contributed by atoms with Crippen LogP contribution in [0.3, 0.4) is 0 Å². The lowest BCUT2D eigenvalue weighted by Crippen LogP contribution is -2.21. The number of benzene rings is 1. The van der Waals surface area contributed by atoms with Gasteiger partial charge in [0.15, 0.2) is 0 Å². The van der Waals surface area contributed by atoms with Crippen molar-refractivity contribution in [2.24, 2.45) is 0 Å². The molecular weight excluding hydrogens is 209 g/mol.